The fourth-order valence-electron chi connectivity index (χ4n) is 2.25. The van der Waals surface area contributed by atoms with Crippen LogP contribution in [0.1, 0.15) is 34.2 Å². The molecule has 0 bridgehead atoms. The van der Waals surface area contributed by atoms with Gasteiger partial charge in [-0.05, 0) is 26.8 Å². The Morgan fingerprint density at radius 1 is 1.41 bits per heavy atom. The van der Waals surface area contributed by atoms with E-state index < -0.39 is 23.1 Å². The quantitative estimate of drug-likeness (QED) is 0.807. The molecule has 0 aliphatic carbocycles. The number of H-pyrrole nitrogens is 1. The van der Waals surface area contributed by atoms with Crippen LogP contribution in [0.3, 0.4) is 0 Å². The fraction of sp³-hybridized carbons (Fsp3) is 0.333. The summed E-state index contributed by atoms with van der Waals surface area (Å²) in [6.45, 7) is 4.50. The summed E-state index contributed by atoms with van der Waals surface area (Å²) in [6, 6.07) is 2.90. The van der Waals surface area contributed by atoms with Crippen molar-refractivity contribution in [2.75, 3.05) is 6.54 Å². The number of hydrogen-bond acceptors (Lipinski definition) is 3. The molecular formula is C15H17F2N3O2. The summed E-state index contributed by atoms with van der Waals surface area (Å²) in [5, 5.41) is 19.5. The second-order valence-corrected chi connectivity index (χ2v) is 5.39. The van der Waals surface area contributed by atoms with E-state index in [2.05, 4.69) is 15.5 Å². The molecule has 0 fully saturated rings. The molecule has 1 unspecified atom stereocenters. The highest BCUT2D eigenvalue weighted by Gasteiger charge is 2.28. The van der Waals surface area contributed by atoms with Gasteiger partial charge in [0, 0.05) is 17.3 Å². The summed E-state index contributed by atoms with van der Waals surface area (Å²) in [5.41, 5.74) is -0.241. The predicted octanol–water partition coefficient (Wildman–Crippen LogP) is 1.94. The third-order valence-electron chi connectivity index (χ3n) is 3.46. The van der Waals surface area contributed by atoms with E-state index in [-0.39, 0.29) is 12.1 Å². The second kappa shape index (κ2) is 5.84. The number of aromatic nitrogens is 2. The lowest BCUT2D eigenvalue weighted by Gasteiger charge is -2.24. The Kier molecular flexibility index (Phi) is 4.27. The molecule has 7 heteroatoms. The molecular weight excluding hydrogens is 292 g/mol. The van der Waals surface area contributed by atoms with Crippen LogP contribution >= 0.6 is 0 Å². The van der Waals surface area contributed by atoms with Crippen molar-refractivity contribution >= 4 is 5.91 Å². The molecule has 0 saturated heterocycles. The summed E-state index contributed by atoms with van der Waals surface area (Å²) < 4.78 is 26.7. The van der Waals surface area contributed by atoms with E-state index in [1.54, 1.807) is 13.8 Å². The molecule has 1 aromatic heterocycles. The first kappa shape index (κ1) is 16.1. The Bertz CT molecular complexity index is 691. The van der Waals surface area contributed by atoms with Crippen molar-refractivity contribution in [3.63, 3.8) is 0 Å². The van der Waals surface area contributed by atoms with Crippen LogP contribution in [0.4, 0.5) is 8.78 Å². The molecule has 2 aromatic rings. The van der Waals surface area contributed by atoms with Crippen LogP contribution in [0, 0.1) is 25.5 Å². The number of aromatic amines is 1. The molecule has 22 heavy (non-hydrogen) atoms. The number of aryl methyl sites for hydroxylation is 2. The highest BCUT2D eigenvalue weighted by atomic mass is 19.1. The van der Waals surface area contributed by atoms with E-state index in [0.29, 0.717) is 23.0 Å². The van der Waals surface area contributed by atoms with Crippen molar-refractivity contribution in [2.45, 2.75) is 26.4 Å². The fourth-order valence-corrected chi connectivity index (χ4v) is 2.25. The number of carbonyl (C=O) groups excluding carboxylic acids is 1. The lowest BCUT2D eigenvalue weighted by molar-refractivity contribution is 0.0494. The van der Waals surface area contributed by atoms with Crippen molar-refractivity contribution in [3.8, 4) is 0 Å². The molecule has 0 aliphatic rings. The third-order valence-corrected chi connectivity index (χ3v) is 3.46. The Balaban J connectivity index is 2.14. The van der Waals surface area contributed by atoms with Crippen molar-refractivity contribution in [2.24, 2.45) is 0 Å². The van der Waals surface area contributed by atoms with Gasteiger partial charge in [0.25, 0.3) is 5.91 Å². The highest BCUT2D eigenvalue weighted by Crippen LogP contribution is 2.23. The van der Waals surface area contributed by atoms with Crippen LogP contribution in [0.15, 0.2) is 18.2 Å². The summed E-state index contributed by atoms with van der Waals surface area (Å²) >= 11 is 0. The average molecular weight is 309 g/mol. The predicted molar refractivity (Wildman–Crippen MR) is 76.3 cm³/mol. The molecule has 0 spiro atoms. The number of amides is 1. The highest BCUT2D eigenvalue weighted by molar-refractivity contribution is 5.96. The first-order valence-electron chi connectivity index (χ1n) is 6.70. The molecule has 0 radical (unpaired) electrons. The zero-order valence-electron chi connectivity index (χ0n) is 12.5. The van der Waals surface area contributed by atoms with Crippen molar-refractivity contribution < 1.29 is 18.7 Å². The van der Waals surface area contributed by atoms with Gasteiger partial charge in [-0.15, -0.1) is 0 Å². The maximum atomic E-state index is 13.7. The van der Waals surface area contributed by atoms with E-state index in [1.165, 1.54) is 6.92 Å². The van der Waals surface area contributed by atoms with Gasteiger partial charge in [0.15, 0.2) is 0 Å². The van der Waals surface area contributed by atoms with Gasteiger partial charge in [0.1, 0.15) is 17.2 Å². The van der Waals surface area contributed by atoms with E-state index in [9.17, 15) is 18.7 Å². The van der Waals surface area contributed by atoms with E-state index in [1.807, 2.05) is 0 Å². The minimum Gasteiger partial charge on any atom is -0.383 e. The second-order valence-electron chi connectivity index (χ2n) is 5.39. The standard InChI is InChI=1S/C15H17F2N3O2/c1-8-13(9(2)20-19-8)14(21)18-7-15(3,22)11-5-4-10(16)6-12(11)17/h4-6,22H,7H2,1-3H3,(H,18,21)(H,19,20). The smallest absolute Gasteiger partial charge is 0.255 e. The Morgan fingerprint density at radius 3 is 2.64 bits per heavy atom. The maximum absolute atomic E-state index is 13.7. The Labute approximate surface area is 126 Å². The molecule has 118 valence electrons. The topological polar surface area (TPSA) is 78.0 Å². The van der Waals surface area contributed by atoms with Crippen LogP contribution in [0.2, 0.25) is 0 Å². The van der Waals surface area contributed by atoms with Gasteiger partial charge < -0.3 is 10.4 Å². The minimum absolute atomic E-state index is 0.0881. The molecule has 2 rings (SSSR count). The van der Waals surface area contributed by atoms with E-state index in [4.69, 9.17) is 0 Å². The first-order chi connectivity index (χ1) is 10.2. The Morgan fingerprint density at radius 2 is 2.09 bits per heavy atom. The number of benzene rings is 1. The molecule has 1 amide bonds. The lowest BCUT2D eigenvalue weighted by Crippen LogP contribution is -2.39. The third kappa shape index (κ3) is 3.14. The van der Waals surface area contributed by atoms with Gasteiger partial charge in [-0.2, -0.15) is 5.10 Å². The van der Waals surface area contributed by atoms with Crippen LogP contribution in [-0.4, -0.2) is 27.8 Å². The summed E-state index contributed by atoms with van der Waals surface area (Å²) in [4.78, 5) is 12.1. The zero-order valence-corrected chi connectivity index (χ0v) is 12.5. The number of nitrogens with one attached hydrogen (secondary N) is 2. The van der Waals surface area contributed by atoms with Crippen molar-refractivity contribution in [3.05, 3.63) is 52.3 Å². The SMILES string of the molecule is Cc1n[nH]c(C)c1C(=O)NCC(C)(O)c1ccc(F)cc1F. The molecule has 0 aliphatic heterocycles. The molecule has 1 atom stereocenters. The van der Waals surface area contributed by atoms with Gasteiger partial charge in [-0.3, -0.25) is 9.89 Å². The number of aliphatic hydroxyl groups is 1. The van der Waals surface area contributed by atoms with Crippen LogP contribution in [0.25, 0.3) is 0 Å². The minimum atomic E-state index is -1.67. The monoisotopic (exact) mass is 309 g/mol. The largest absolute Gasteiger partial charge is 0.383 e. The summed E-state index contributed by atoms with van der Waals surface area (Å²) in [6.07, 6.45) is 0. The number of nitrogens with zero attached hydrogens (tertiary/aromatic N) is 1. The normalized spacial score (nSPS) is 13.7. The number of halogens is 2. The van der Waals surface area contributed by atoms with Gasteiger partial charge in [0.05, 0.1) is 17.8 Å². The van der Waals surface area contributed by atoms with Crippen LogP contribution in [-0.2, 0) is 5.60 Å². The summed E-state index contributed by atoms with van der Waals surface area (Å²) in [7, 11) is 0. The van der Waals surface area contributed by atoms with Crippen molar-refractivity contribution in [1.29, 1.82) is 0 Å². The molecule has 1 heterocycles. The first-order valence-corrected chi connectivity index (χ1v) is 6.70. The Hall–Kier alpha value is -2.28. The number of carbonyl (C=O) groups is 1. The lowest BCUT2D eigenvalue weighted by atomic mass is 9.95. The van der Waals surface area contributed by atoms with Crippen LogP contribution < -0.4 is 5.32 Å². The van der Waals surface area contributed by atoms with E-state index in [0.717, 1.165) is 12.1 Å². The summed E-state index contributed by atoms with van der Waals surface area (Å²) in [5.74, 6) is -2.02. The van der Waals surface area contributed by atoms with Gasteiger partial charge in [0.2, 0.25) is 0 Å². The average Bonchev–Trinajstić information content (AvgIpc) is 2.75. The number of hydrogen-bond donors (Lipinski definition) is 3. The number of rotatable bonds is 4. The van der Waals surface area contributed by atoms with Gasteiger partial charge >= 0.3 is 0 Å². The molecule has 3 N–H and O–H groups in total. The zero-order chi connectivity index (χ0) is 16.5. The molecule has 5 nitrogen and oxygen atoms in total. The van der Waals surface area contributed by atoms with E-state index >= 15 is 0 Å². The van der Waals surface area contributed by atoms with Gasteiger partial charge in [-0.25, -0.2) is 8.78 Å². The van der Waals surface area contributed by atoms with Gasteiger partial charge in [-0.1, -0.05) is 6.07 Å². The molecule has 0 saturated carbocycles. The van der Waals surface area contributed by atoms with Crippen molar-refractivity contribution in [1.82, 2.24) is 15.5 Å². The molecule has 1 aromatic carbocycles. The maximum Gasteiger partial charge on any atom is 0.255 e. The van der Waals surface area contributed by atoms with Crippen LogP contribution in [0.5, 0.6) is 0 Å².